The van der Waals surface area contributed by atoms with Crippen molar-refractivity contribution in [3.63, 3.8) is 0 Å². The first-order valence-corrected chi connectivity index (χ1v) is 6.18. The van der Waals surface area contributed by atoms with Crippen LogP contribution in [0.1, 0.15) is 31.2 Å². The van der Waals surface area contributed by atoms with Gasteiger partial charge >= 0.3 is 0 Å². The molecule has 1 saturated carbocycles. The summed E-state index contributed by atoms with van der Waals surface area (Å²) in [5, 5.41) is 9.03. The highest BCUT2D eigenvalue weighted by Crippen LogP contribution is 2.54. The van der Waals surface area contributed by atoms with Gasteiger partial charge in [-0.25, -0.2) is 4.39 Å². The summed E-state index contributed by atoms with van der Waals surface area (Å²) in [6.45, 7) is 1.91. The molecule has 2 nitrogen and oxygen atoms in total. The molecule has 1 heterocycles. The van der Waals surface area contributed by atoms with Crippen molar-refractivity contribution >= 4 is 5.69 Å². The Balaban J connectivity index is 1.85. The summed E-state index contributed by atoms with van der Waals surface area (Å²) < 4.78 is 13.5. The normalized spacial score (nSPS) is 21.3. The first kappa shape index (κ1) is 10.6. The number of benzene rings is 1. The second kappa shape index (κ2) is 3.73. The van der Waals surface area contributed by atoms with Crippen molar-refractivity contribution in [2.24, 2.45) is 5.41 Å². The quantitative estimate of drug-likeness (QED) is 0.741. The van der Waals surface area contributed by atoms with Crippen LogP contribution in [-0.4, -0.2) is 13.1 Å². The Labute approximate surface area is 101 Å². The number of nitrogens with zero attached hydrogens (tertiary/aromatic N) is 2. The van der Waals surface area contributed by atoms with Gasteiger partial charge in [-0.15, -0.1) is 0 Å². The van der Waals surface area contributed by atoms with Crippen LogP contribution >= 0.6 is 0 Å². The molecule has 1 aromatic rings. The highest BCUT2D eigenvalue weighted by molar-refractivity contribution is 5.60. The highest BCUT2D eigenvalue weighted by atomic mass is 19.1. The lowest BCUT2D eigenvalue weighted by Gasteiger charge is -2.34. The second-order valence-electron chi connectivity index (χ2n) is 5.23. The van der Waals surface area contributed by atoms with Gasteiger partial charge in [-0.05, 0) is 43.2 Å². The fourth-order valence-corrected chi connectivity index (χ4v) is 2.79. The molecule has 0 amide bonds. The van der Waals surface area contributed by atoms with Crippen molar-refractivity contribution < 1.29 is 4.39 Å². The molecule has 17 heavy (non-hydrogen) atoms. The van der Waals surface area contributed by atoms with Crippen molar-refractivity contribution in [2.75, 3.05) is 18.0 Å². The summed E-state index contributed by atoms with van der Waals surface area (Å²) in [6.07, 6.45) is 5.09. The topological polar surface area (TPSA) is 27.0 Å². The van der Waals surface area contributed by atoms with E-state index in [1.54, 1.807) is 6.07 Å². The maximum atomic E-state index is 13.5. The average Bonchev–Trinajstić information content (AvgIpc) is 3.10. The van der Waals surface area contributed by atoms with E-state index >= 15 is 0 Å². The molecule has 0 radical (unpaired) electrons. The first-order valence-electron chi connectivity index (χ1n) is 6.18. The Morgan fingerprint density at radius 1 is 1.18 bits per heavy atom. The molecule has 1 spiro atoms. The minimum absolute atomic E-state index is 0.194. The molecule has 0 unspecified atom stereocenters. The molecule has 0 N–H and O–H groups in total. The van der Waals surface area contributed by atoms with Gasteiger partial charge in [-0.1, -0.05) is 6.07 Å². The van der Waals surface area contributed by atoms with Crippen molar-refractivity contribution in [1.29, 1.82) is 5.26 Å². The van der Waals surface area contributed by atoms with Gasteiger partial charge in [0.25, 0.3) is 0 Å². The molecule has 1 aliphatic heterocycles. The summed E-state index contributed by atoms with van der Waals surface area (Å²) in [5.41, 5.74) is 1.57. The SMILES string of the molecule is N#Cc1c(F)cccc1N1CCC2(CC1)CC2. The van der Waals surface area contributed by atoms with E-state index < -0.39 is 5.82 Å². The van der Waals surface area contributed by atoms with Gasteiger partial charge < -0.3 is 4.90 Å². The number of hydrogen-bond acceptors (Lipinski definition) is 2. The predicted octanol–water partition coefficient (Wildman–Crippen LogP) is 3.08. The van der Waals surface area contributed by atoms with Crippen molar-refractivity contribution in [2.45, 2.75) is 25.7 Å². The van der Waals surface area contributed by atoms with Crippen molar-refractivity contribution in [3.05, 3.63) is 29.6 Å². The number of halogens is 1. The summed E-state index contributed by atoms with van der Waals surface area (Å²) in [5.74, 6) is -0.406. The maximum Gasteiger partial charge on any atom is 0.143 e. The first-order chi connectivity index (χ1) is 8.24. The van der Waals surface area contributed by atoms with E-state index in [-0.39, 0.29) is 5.56 Å². The van der Waals surface area contributed by atoms with Gasteiger partial charge in [0.1, 0.15) is 17.4 Å². The fraction of sp³-hybridized carbons (Fsp3) is 0.500. The third kappa shape index (κ3) is 1.78. The Morgan fingerprint density at radius 3 is 2.47 bits per heavy atom. The molecular formula is C14H15FN2. The Morgan fingerprint density at radius 2 is 1.88 bits per heavy atom. The van der Waals surface area contributed by atoms with Crippen LogP contribution in [0.5, 0.6) is 0 Å². The lowest BCUT2D eigenvalue weighted by molar-refractivity contribution is 0.384. The summed E-state index contributed by atoms with van der Waals surface area (Å²) >= 11 is 0. The minimum atomic E-state index is -0.406. The molecule has 3 rings (SSSR count). The van der Waals surface area contributed by atoms with Gasteiger partial charge in [0.05, 0.1) is 5.69 Å². The predicted molar refractivity (Wildman–Crippen MR) is 64.2 cm³/mol. The average molecular weight is 230 g/mol. The number of rotatable bonds is 1. The molecule has 2 aliphatic rings. The number of anilines is 1. The summed E-state index contributed by atoms with van der Waals surface area (Å²) in [6, 6.07) is 6.88. The maximum absolute atomic E-state index is 13.5. The Hall–Kier alpha value is -1.56. The summed E-state index contributed by atoms with van der Waals surface area (Å²) in [7, 11) is 0. The molecule has 0 aromatic heterocycles. The van der Waals surface area contributed by atoms with E-state index in [1.807, 2.05) is 12.1 Å². The third-order valence-electron chi connectivity index (χ3n) is 4.23. The van der Waals surface area contributed by atoms with Crippen LogP contribution in [0.4, 0.5) is 10.1 Å². The van der Waals surface area contributed by atoms with Crippen LogP contribution in [0.3, 0.4) is 0 Å². The molecule has 1 aromatic carbocycles. The van der Waals surface area contributed by atoms with E-state index in [0.29, 0.717) is 5.41 Å². The van der Waals surface area contributed by atoms with E-state index in [9.17, 15) is 4.39 Å². The smallest absolute Gasteiger partial charge is 0.143 e. The lowest BCUT2D eigenvalue weighted by atomic mass is 9.93. The van der Waals surface area contributed by atoms with Gasteiger partial charge in [0.15, 0.2) is 0 Å². The molecule has 3 heteroatoms. The standard InChI is InChI=1S/C14H15FN2/c15-12-2-1-3-13(11(12)10-16)17-8-6-14(4-5-14)7-9-17/h1-3H,4-9H2. The minimum Gasteiger partial charge on any atom is -0.370 e. The third-order valence-corrected chi connectivity index (χ3v) is 4.23. The fourth-order valence-electron chi connectivity index (χ4n) is 2.79. The molecule has 88 valence electrons. The van der Waals surface area contributed by atoms with Crippen molar-refractivity contribution in [3.8, 4) is 6.07 Å². The molecule has 0 atom stereocenters. The van der Waals surface area contributed by atoms with Gasteiger partial charge in [0.2, 0.25) is 0 Å². The van der Waals surface area contributed by atoms with E-state index in [0.717, 1.165) is 18.8 Å². The van der Waals surface area contributed by atoms with Crippen molar-refractivity contribution in [1.82, 2.24) is 0 Å². The van der Waals surface area contributed by atoms with Gasteiger partial charge in [0, 0.05) is 13.1 Å². The zero-order valence-electron chi connectivity index (χ0n) is 9.75. The van der Waals surface area contributed by atoms with Crippen LogP contribution in [0.15, 0.2) is 18.2 Å². The zero-order valence-corrected chi connectivity index (χ0v) is 9.75. The highest BCUT2D eigenvalue weighted by Gasteiger charge is 2.44. The number of hydrogen-bond donors (Lipinski definition) is 0. The lowest BCUT2D eigenvalue weighted by Crippen LogP contribution is -2.35. The number of nitriles is 1. The Bertz CT molecular complexity index is 475. The van der Waals surface area contributed by atoms with Crippen LogP contribution < -0.4 is 4.90 Å². The number of piperidine rings is 1. The van der Waals surface area contributed by atoms with Gasteiger partial charge in [-0.3, -0.25) is 0 Å². The molecular weight excluding hydrogens is 215 g/mol. The van der Waals surface area contributed by atoms with Crippen LogP contribution in [-0.2, 0) is 0 Å². The van der Waals surface area contributed by atoms with Crippen LogP contribution in [0.2, 0.25) is 0 Å². The van der Waals surface area contributed by atoms with Gasteiger partial charge in [-0.2, -0.15) is 5.26 Å². The van der Waals surface area contributed by atoms with E-state index in [2.05, 4.69) is 4.90 Å². The van der Waals surface area contributed by atoms with E-state index in [4.69, 9.17) is 5.26 Å². The monoisotopic (exact) mass is 230 g/mol. The second-order valence-corrected chi connectivity index (χ2v) is 5.23. The van der Waals surface area contributed by atoms with Crippen LogP contribution in [0, 0.1) is 22.6 Å². The molecule has 2 fully saturated rings. The van der Waals surface area contributed by atoms with Crippen LogP contribution in [0.25, 0.3) is 0 Å². The Kier molecular flexibility index (Phi) is 2.32. The largest absolute Gasteiger partial charge is 0.370 e. The molecule has 1 saturated heterocycles. The zero-order chi connectivity index (χ0) is 11.9. The summed E-state index contributed by atoms with van der Waals surface area (Å²) in [4.78, 5) is 2.16. The molecule has 1 aliphatic carbocycles. The van der Waals surface area contributed by atoms with E-state index in [1.165, 1.54) is 31.7 Å². The molecule has 0 bridgehead atoms.